The number of para-hydroxylation sites is 3. The Morgan fingerprint density at radius 1 is 1.15 bits per heavy atom. The van der Waals surface area contributed by atoms with Gasteiger partial charge in [-0.25, -0.2) is 9.67 Å². The quantitative estimate of drug-likeness (QED) is 0.659. The first-order valence-corrected chi connectivity index (χ1v) is 9.51. The fourth-order valence-electron chi connectivity index (χ4n) is 2.59. The molecule has 1 aromatic heterocycles. The van der Waals surface area contributed by atoms with Crippen LogP contribution in [0.5, 0.6) is 11.5 Å². The number of benzene rings is 2. The van der Waals surface area contributed by atoms with Crippen LogP contribution in [0, 0.1) is 0 Å². The topological polar surface area (TPSA) is 78.3 Å². The summed E-state index contributed by atoms with van der Waals surface area (Å²) in [6.07, 6.45) is 1.43. The van der Waals surface area contributed by atoms with Crippen molar-refractivity contribution in [1.82, 2.24) is 20.1 Å². The normalized spacial score (nSPS) is 15.3. The number of thioether (sulfide) groups is 1. The zero-order chi connectivity index (χ0) is 18.5. The molecule has 0 bridgehead atoms. The van der Waals surface area contributed by atoms with E-state index in [2.05, 4.69) is 15.4 Å². The number of carbonyl (C=O) groups excluding carboxylic acids is 1. The van der Waals surface area contributed by atoms with E-state index in [-0.39, 0.29) is 17.8 Å². The Bertz CT molecular complexity index is 916. The van der Waals surface area contributed by atoms with Crippen LogP contribution in [0.25, 0.3) is 5.69 Å². The third kappa shape index (κ3) is 4.40. The molecule has 1 atom stereocenters. The minimum atomic E-state index is -0.204. The lowest BCUT2D eigenvalue weighted by molar-refractivity contribution is -0.119. The Kier molecular flexibility index (Phi) is 5.24. The average molecular weight is 382 g/mol. The van der Waals surface area contributed by atoms with Crippen molar-refractivity contribution in [3.63, 3.8) is 0 Å². The Morgan fingerprint density at radius 2 is 1.93 bits per heavy atom. The summed E-state index contributed by atoms with van der Waals surface area (Å²) in [5, 5.41) is 7.79. The summed E-state index contributed by atoms with van der Waals surface area (Å²) >= 11 is 1.29. The highest BCUT2D eigenvalue weighted by molar-refractivity contribution is 7.99. The zero-order valence-corrected chi connectivity index (χ0v) is 15.3. The molecule has 0 fully saturated rings. The standard InChI is InChI=1S/C19H18N4O3S/c24-18(20-10-15-11-25-16-8-4-5-9-17(16)26-15)12-27-19-21-13-23(22-19)14-6-2-1-3-7-14/h1-9,13,15H,10-12H2,(H,20,24). The molecule has 1 N–H and O–H groups in total. The van der Waals surface area contributed by atoms with Crippen LogP contribution in [0.2, 0.25) is 0 Å². The number of rotatable bonds is 6. The van der Waals surface area contributed by atoms with Crippen molar-refractivity contribution >= 4 is 17.7 Å². The molecule has 1 amide bonds. The molecule has 7 nitrogen and oxygen atoms in total. The van der Waals surface area contributed by atoms with Gasteiger partial charge in [0.05, 0.1) is 18.0 Å². The van der Waals surface area contributed by atoms with Gasteiger partial charge in [-0.05, 0) is 24.3 Å². The molecular formula is C19H18N4O3S. The Labute approximate surface area is 160 Å². The maximum atomic E-state index is 12.1. The number of hydrogen-bond donors (Lipinski definition) is 1. The van der Waals surface area contributed by atoms with Gasteiger partial charge in [0.2, 0.25) is 11.1 Å². The van der Waals surface area contributed by atoms with E-state index < -0.39 is 0 Å². The molecule has 4 rings (SSSR count). The van der Waals surface area contributed by atoms with E-state index in [4.69, 9.17) is 9.47 Å². The van der Waals surface area contributed by atoms with Crippen molar-refractivity contribution in [2.75, 3.05) is 18.9 Å². The molecule has 2 aromatic carbocycles. The first-order valence-electron chi connectivity index (χ1n) is 8.53. The van der Waals surface area contributed by atoms with Gasteiger partial charge in [-0.1, -0.05) is 42.1 Å². The molecule has 1 aliphatic rings. The third-order valence-corrected chi connectivity index (χ3v) is 4.77. The van der Waals surface area contributed by atoms with Gasteiger partial charge in [-0.2, -0.15) is 0 Å². The lowest BCUT2D eigenvalue weighted by Gasteiger charge is -2.26. The van der Waals surface area contributed by atoms with Crippen molar-refractivity contribution in [2.45, 2.75) is 11.3 Å². The van der Waals surface area contributed by atoms with Gasteiger partial charge < -0.3 is 14.8 Å². The summed E-state index contributed by atoms with van der Waals surface area (Å²) in [6.45, 7) is 0.799. The maximum Gasteiger partial charge on any atom is 0.230 e. The van der Waals surface area contributed by atoms with Crippen LogP contribution in [-0.2, 0) is 4.79 Å². The van der Waals surface area contributed by atoms with E-state index in [0.717, 1.165) is 11.4 Å². The molecule has 27 heavy (non-hydrogen) atoms. The highest BCUT2D eigenvalue weighted by Gasteiger charge is 2.21. The molecule has 1 aliphatic heterocycles. The fourth-order valence-corrected chi connectivity index (χ4v) is 3.22. The molecule has 0 saturated heterocycles. The number of carbonyl (C=O) groups is 1. The second-order valence-corrected chi connectivity index (χ2v) is 6.84. The lowest BCUT2D eigenvalue weighted by Crippen LogP contribution is -2.41. The van der Waals surface area contributed by atoms with E-state index in [9.17, 15) is 4.79 Å². The molecule has 0 spiro atoms. The molecule has 0 radical (unpaired) electrons. The number of nitrogens with zero attached hydrogens (tertiary/aromatic N) is 3. The van der Waals surface area contributed by atoms with E-state index in [0.29, 0.717) is 24.1 Å². The van der Waals surface area contributed by atoms with Gasteiger partial charge >= 0.3 is 0 Å². The van der Waals surface area contributed by atoms with Crippen LogP contribution in [0.1, 0.15) is 0 Å². The third-order valence-electron chi connectivity index (χ3n) is 3.92. The minimum Gasteiger partial charge on any atom is -0.486 e. The maximum absolute atomic E-state index is 12.1. The van der Waals surface area contributed by atoms with Gasteiger partial charge in [0.25, 0.3) is 0 Å². The van der Waals surface area contributed by atoms with Crippen molar-refractivity contribution in [2.24, 2.45) is 0 Å². The number of ether oxygens (including phenoxy) is 2. The van der Waals surface area contributed by atoms with Crippen molar-refractivity contribution in [3.05, 3.63) is 60.9 Å². The predicted molar refractivity (Wildman–Crippen MR) is 101 cm³/mol. The lowest BCUT2D eigenvalue weighted by atomic mass is 10.2. The zero-order valence-electron chi connectivity index (χ0n) is 14.4. The van der Waals surface area contributed by atoms with E-state index in [1.807, 2.05) is 54.6 Å². The van der Waals surface area contributed by atoms with Crippen LogP contribution in [0.4, 0.5) is 0 Å². The molecule has 1 unspecified atom stereocenters. The number of hydrogen-bond acceptors (Lipinski definition) is 6. The molecule has 0 aliphatic carbocycles. The van der Waals surface area contributed by atoms with Gasteiger partial charge in [0.15, 0.2) is 11.5 Å². The second-order valence-electron chi connectivity index (χ2n) is 5.90. The predicted octanol–water partition coefficient (Wildman–Crippen LogP) is 2.32. The average Bonchev–Trinajstić information content (AvgIpc) is 3.20. The molecule has 138 valence electrons. The van der Waals surface area contributed by atoms with E-state index in [1.165, 1.54) is 11.8 Å². The molecular weight excluding hydrogens is 364 g/mol. The summed E-state index contributed by atoms with van der Waals surface area (Å²) in [4.78, 5) is 16.3. The number of fused-ring (bicyclic) bond motifs is 1. The Hall–Kier alpha value is -3.00. The Morgan fingerprint density at radius 3 is 2.78 bits per heavy atom. The van der Waals surface area contributed by atoms with Crippen molar-refractivity contribution in [1.29, 1.82) is 0 Å². The van der Waals surface area contributed by atoms with Gasteiger partial charge in [-0.3, -0.25) is 4.79 Å². The Balaban J connectivity index is 1.23. The van der Waals surface area contributed by atoms with E-state index in [1.54, 1.807) is 11.0 Å². The highest BCUT2D eigenvalue weighted by atomic mass is 32.2. The van der Waals surface area contributed by atoms with Crippen LogP contribution in [0.15, 0.2) is 66.1 Å². The summed E-state index contributed by atoms with van der Waals surface area (Å²) in [5.41, 5.74) is 0.927. The monoisotopic (exact) mass is 382 g/mol. The summed E-state index contributed by atoms with van der Waals surface area (Å²) in [7, 11) is 0. The molecule has 2 heterocycles. The smallest absolute Gasteiger partial charge is 0.230 e. The summed E-state index contributed by atoms with van der Waals surface area (Å²) in [6, 6.07) is 17.2. The van der Waals surface area contributed by atoms with Crippen LogP contribution in [0.3, 0.4) is 0 Å². The van der Waals surface area contributed by atoms with Crippen LogP contribution < -0.4 is 14.8 Å². The fraction of sp³-hybridized carbons (Fsp3) is 0.211. The first kappa shape index (κ1) is 17.4. The number of amides is 1. The first-order chi connectivity index (χ1) is 13.3. The van der Waals surface area contributed by atoms with Gasteiger partial charge in [-0.15, -0.1) is 5.10 Å². The second kappa shape index (κ2) is 8.13. The minimum absolute atomic E-state index is 0.0986. The van der Waals surface area contributed by atoms with Crippen LogP contribution in [-0.4, -0.2) is 45.7 Å². The molecule has 8 heteroatoms. The highest BCUT2D eigenvalue weighted by Crippen LogP contribution is 2.30. The largest absolute Gasteiger partial charge is 0.486 e. The van der Waals surface area contributed by atoms with Crippen molar-refractivity contribution < 1.29 is 14.3 Å². The van der Waals surface area contributed by atoms with Crippen molar-refractivity contribution in [3.8, 4) is 17.2 Å². The van der Waals surface area contributed by atoms with E-state index >= 15 is 0 Å². The van der Waals surface area contributed by atoms with Gasteiger partial charge in [0, 0.05) is 0 Å². The molecule has 0 saturated carbocycles. The summed E-state index contributed by atoms with van der Waals surface area (Å²) in [5.74, 6) is 1.57. The molecule has 3 aromatic rings. The van der Waals surface area contributed by atoms with Gasteiger partial charge in [0.1, 0.15) is 19.0 Å². The number of nitrogens with one attached hydrogen (secondary N) is 1. The SMILES string of the molecule is O=C(CSc1ncn(-c2ccccc2)n1)NCC1COc2ccccc2O1. The summed E-state index contributed by atoms with van der Waals surface area (Å²) < 4.78 is 13.1. The van der Waals surface area contributed by atoms with Crippen LogP contribution >= 0.6 is 11.8 Å². The number of aromatic nitrogens is 3.